The number of carbonyl (C=O) groups is 1. The van der Waals surface area contributed by atoms with Crippen LogP contribution in [0.1, 0.15) is 5.56 Å². The average Bonchev–Trinajstić information content (AvgIpc) is 2.53. The number of amides is 1. The van der Waals surface area contributed by atoms with Gasteiger partial charge in [0.15, 0.2) is 0 Å². The van der Waals surface area contributed by atoms with Crippen LogP contribution in [0.4, 0.5) is 5.69 Å². The van der Waals surface area contributed by atoms with Gasteiger partial charge in [-0.15, -0.1) is 0 Å². The lowest BCUT2D eigenvalue weighted by molar-refractivity contribution is -0.115. The smallest absolute Gasteiger partial charge is 0.238 e. The van der Waals surface area contributed by atoms with Crippen LogP contribution >= 0.6 is 0 Å². The van der Waals surface area contributed by atoms with Crippen LogP contribution in [0.25, 0.3) is 0 Å². The highest BCUT2D eigenvalue weighted by molar-refractivity contribution is 5.92. The summed E-state index contributed by atoms with van der Waals surface area (Å²) in [6.45, 7) is 0.167. The summed E-state index contributed by atoms with van der Waals surface area (Å²) in [5, 5.41) is 15.3. The molecule has 0 aromatic heterocycles. The summed E-state index contributed by atoms with van der Waals surface area (Å²) in [6, 6.07) is 19.1. The third-order valence-electron chi connectivity index (χ3n) is 3.15. The maximum Gasteiger partial charge on any atom is 0.238 e. The Morgan fingerprint density at radius 3 is 2.24 bits per heavy atom. The molecule has 4 nitrogen and oxygen atoms in total. The number of hydrogen-bond donors (Lipinski definition) is 3. The zero-order chi connectivity index (χ0) is 14.9. The molecule has 4 heteroatoms. The van der Waals surface area contributed by atoms with Gasteiger partial charge in [-0.3, -0.25) is 4.79 Å². The Morgan fingerprint density at radius 1 is 1.00 bits per heavy atom. The summed E-state index contributed by atoms with van der Waals surface area (Å²) in [5.41, 5.74) is 1.90. The number of benzene rings is 2. The second-order valence-corrected chi connectivity index (χ2v) is 4.86. The van der Waals surface area contributed by atoms with E-state index < -0.39 is 0 Å². The summed E-state index contributed by atoms with van der Waals surface area (Å²) >= 11 is 0. The minimum Gasteiger partial charge on any atom is -0.395 e. The monoisotopic (exact) mass is 284 g/mol. The largest absolute Gasteiger partial charge is 0.395 e. The fourth-order valence-corrected chi connectivity index (χ4v) is 2.06. The zero-order valence-electron chi connectivity index (χ0n) is 11.8. The predicted octanol–water partition coefficient (Wildman–Crippen LogP) is 1.82. The number of hydrogen-bond acceptors (Lipinski definition) is 3. The van der Waals surface area contributed by atoms with Crippen LogP contribution < -0.4 is 10.6 Å². The van der Waals surface area contributed by atoms with E-state index in [1.807, 2.05) is 60.7 Å². The van der Waals surface area contributed by atoms with E-state index in [2.05, 4.69) is 10.6 Å². The van der Waals surface area contributed by atoms with Crippen molar-refractivity contribution in [1.29, 1.82) is 0 Å². The van der Waals surface area contributed by atoms with Crippen molar-refractivity contribution in [3.05, 3.63) is 66.2 Å². The van der Waals surface area contributed by atoms with Crippen molar-refractivity contribution >= 4 is 11.6 Å². The molecule has 0 aliphatic carbocycles. The third-order valence-corrected chi connectivity index (χ3v) is 3.15. The van der Waals surface area contributed by atoms with Gasteiger partial charge in [0.25, 0.3) is 0 Å². The Labute approximate surface area is 124 Å². The fraction of sp³-hybridized carbons (Fsp3) is 0.235. The van der Waals surface area contributed by atoms with Crippen molar-refractivity contribution < 1.29 is 9.90 Å². The van der Waals surface area contributed by atoms with E-state index in [9.17, 15) is 9.90 Å². The molecule has 110 valence electrons. The standard InChI is InChI=1S/C17H20N2O2/c20-13-16(11-14-7-3-1-4-8-14)18-12-17(21)19-15-9-5-2-6-10-15/h1-10,16,18,20H,11-13H2,(H,19,21). The van der Waals surface area contributed by atoms with Crippen molar-refractivity contribution in [3.8, 4) is 0 Å². The second-order valence-electron chi connectivity index (χ2n) is 4.86. The van der Waals surface area contributed by atoms with Crippen LogP contribution in [-0.4, -0.2) is 30.2 Å². The second kappa shape index (κ2) is 8.19. The number of rotatable bonds is 7. The summed E-state index contributed by atoms with van der Waals surface area (Å²) in [7, 11) is 0. The summed E-state index contributed by atoms with van der Waals surface area (Å²) < 4.78 is 0. The molecule has 0 bridgehead atoms. The summed E-state index contributed by atoms with van der Waals surface area (Å²) in [6.07, 6.45) is 0.690. The molecule has 1 atom stereocenters. The Kier molecular flexibility index (Phi) is 5.94. The normalized spacial score (nSPS) is 11.9. The van der Waals surface area contributed by atoms with Gasteiger partial charge in [-0.2, -0.15) is 0 Å². The van der Waals surface area contributed by atoms with Crippen molar-refractivity contribution in [2.75, 3.05) is 18.5 Å². The first-order chi connectivity index (χ1) is 10.3. The van der Waals surface area contributed by atoms with Gasteiger partial charge >= 0.3 is 0 Å². The Morgan fingerprint density at radius 2 is 1.62 bits per heavy atom. The lowest BCUT2D eigenvalue weighted by atomic mass is 10.1. The molecule has 0 aliphatic heterocycles. The molecule has 0 aliphatic rings. The fourth-order valence-electron chi connectivity index (χ4n) is 2.06. The van der Waals surface area contributed by atoms with Gasteiger partial charge < -0.3 is 15.7 Å². The van der Waals surface area contributed by atoms with Gasteiger partial charge in [0.05, 0.1) is 13.2 Å². The van der Waals surface area contributed by atoms with Crippen molar-refractivity contribution in [2.24, 2.45) is 0 Å². The molecule has 2 aromatic rings. The average molecular weight is 284 g/mol. The highest BCUT2D eigenvalue weighted by atomic mass is 16.3. The lowest BCUT2D eigenvalue weighted by Gasteiger charge is -2.16. The summed E-state index contributed by atoms with van der Waals surface area (Å²) in [4.78, 5) is 11.8. The van der Waals surface area contributed by atoms with Gasteiger partial charge in [-0.05, 0) is 24.1 Å². The van der Waals surface area contributed by atoms with Gasteiger partial charge in [0, 0.05) is 11.7 Å². The number of carbonyl (C=O) groups excluding carboxylic acids is 1. The molecule has 0 radical (unpaired) electrons. The number of aliphatic hydroxyl groups is 1. The van der Waals surface area contributed by atoms with Crippen LogP contribution in [0, 0.1) is 0 Å². The Bertz CT molecular complexity index is 543. The van der Waals surface area contributed by atoms with E-state index in [0.717, 1.165) is 11.3 Å². The highest BCUT2D eigenvalue weighted by Gasteiger charge is 2.10. The maximum atomic E-state index is 11.8. The first kappa shape index (κ1) is 15.2. The van der Waals surface area contributed by atoms with E-state index in [-0.39, 0.29) is 25.1 Å². The third kappa shape index (κ3) is 5.38. The topological polar surface area (TPSA) is 61.4 Å². The SMILES string of the molecule is O=C(CNC(CO)Cc1ccccc1)Nc1ccccc1. The zero-order valence-corrected chi connectivity index (χ0v) is 11.8. The van der Waals surface area contributed by atoms with Gasteiger partial charge in [-0.1, -0.05) is 48.5 Å². The maximum absolute atomic E-state index is 11.8. The summed E-state index contributed by atoms with van der Waals surface area (Å²) in [5.74, 6) is -0.118. The van der Waals surface area contributed by atoms with E-state index >= 15 is 0 Å². The van der Waals surface area contributed by atoms with Crippen molar-refractivity contribution in [2.45, 2.75) is 12.5 Å². The number of nitrogens with one attached hydrogen (secondary N) is 2. The van der Waals surface area contributed by atoms with E-state index in [4.69, 9.17) is 0 Å². The minimum absolute atomic E-state index is 0.00644. The molecule has 1 unspecified atom stereocenters. The van der Waals surface area contributed by atoms with E-state index in [1.54, 1.807) is 0 Å². The molecule has 0 fully saturated rings. The van der Waals surface area contributed by atoms with Gasteiger partial charge in [0.1, 0.15) is 0 Å². The van der Waals surface area contributed by atoms with Crippen LogP contribution in [0.2, 0.25) is 0 Å². The van der Waals surface area contributed by atoms with Crippen LogP contribution in [0.5, 0.6) is 0 Å². The molecule has 0 spiro atoms. The van der Waals surface area contributed by atoms with E-state index in [1.165, 1.54) is 0 Å². The molecule has 0 heterocycles. The van der Waals surface area contributed by atoms with Crippen LogP contribution in [0.3, 0.4) is 0 Å². The molecule has 2 rings (SSSR count). The molecular weight excluding hydrogens is 264 g/mol. The lowest BCUT2D eigenvalue weighted by Crippen LogP contribution is -2.39. The Hall–Kier alpha value is -2.17. The first-order valence-corrected chi connectivity index (χ1v) is 7.01. The van der Waals surface area contributed by atoms with Gasteiger partial charge in [-0.25, -0.2) is 0 Å². The van der Waals surface area contributed by atoms with Gasteiger partial charge in [0.2, 0.25) is 5.91 Å². The minimum atomic E-state index is -0.131. The number of aliphatic hydroxyl groups excluding tert-OH is 1. The van der Waals surface area contributed by atoms with Crippen molar-refractivity contribution in [1.82, 2.24) is 5.32 Å². The molecule has 0 saturated carbocycles. The molecular formula is C17H20N2O2. The number of anilines is 1. The van der Waals surface area contributed by atoms with Crippen LogP contribution in [-0.2, 0) is 11.2 Å². The molecule has 3 N–H and O–H groups in total. The molecule has 1 amide bonds. The molecule has 21 heavy (non-hydrogen) atoms. The van der Waals surface area contributed by atoms with Crippen molar-refractivity contribution in [3.63, 3.8) is 0 Å². The molecule has 0 saturated heterocycles. The quantitative estimate of drug-likeness (QED) is 0.727. The predicted molar refractivity (Wildman–Crippen MR) is 84.1 cm³/mol. The highest BCUT2D eigenvalue weighted by Crippen LogP contribution is 2.05. The number of para-hydroxylation sites is 1. The Balaban J connectivity index is 1.79. The molecule has 2 aromatic carbocycles. The van der Waals surface area contributed by atoms with Crippen LogP contribution in [0.15, 0.2) is 60.7 Å². The van der Waals surface area contributed by atoms with E-state index in [0.29, 0.717) is 6.42 Å². The first-order valence-electron chi connectivity index (χ1n) is 7.01.